The van der Waals surface area contributed by atoms with Crippen molar-refractivity contribution in [2.75, 3.05) is 0 Å². The Hall–Kier alpha value is -2.35. The molecule has 0 aliphatic heterocycles. The lowest BCUT2D eigenvalue weighted by Crippen LogP contribution is -1.85. The minimum atomic E-state index is 0.372. The third-order valence-electron chi connectivity index (χ3n) is 3.38. The Morgan fingerprint density at radius 2 is 1.85 bits per heavy atom. The van der Waals surface area contributed by atoms with Gasteiger partial charge in [-0.3, -0.25) is 0 Å². The molecule has 4 rings (SSSR count). The first kappa shape index (κ1) is 17.1. The average molecular weight is 405 g/mol. The van der Waals surface area contributed by atoms with E-state index >= 15 is 0 Å². The summed E-state index contributed by atoms with van der Waals surface area (Å²) in [6.45, 7) is 0. The van der Waals surface area contributed by atoms with E-state index in [0.29, 0.717) is 44.2 Å². The summed E-state index contributed by atoms with van der Waals surface area (Å²) in [6.07, 6.45) is 0. The molecule has 26 heavy (non-hydrogen) atoms. The Labute approximate surface area is 162 Å². The highest BCUT2D eigenvalue weighted by Gasteiger charge is 2.14. The molecule has 0 aliphatic carbocycles. The number of rotatable bonds is 5. The number of aromatic nitrogens is 4. The second-order valence-electron chi connectivity index (χ2n) is 5.17. The van der Waals surface area contributed by atoms with Gasteiger partial charge in [0.25, 0.3) is 11.1 Å². The number of halogens is 2. The van der Waals surface area contributed by atoms with Crippen LogP contribution >= 0.6 is 35.0 Å². The molecule has 9 heteroatoms. The monoisotopic (exact) mass is 404 g/mol. The van der Waals surface area contributed by atoms with Crippen LogP contribution < -0.4 is 0 Å². The molecule has 0 spiro atoms. The Balaban J connectivity index is 1.45. The fraction of sp³-hybridized carbons (Fsp3) is 0.0588. The zero-order valence-corrected chi connectivity index (χ0v) is 15.4. The molecule has 2 aromatic heterocycles. The van der Waals surface area contributed by atoms with E-state index in [9.17, 15) is 0 Å². The first-order valence-electron chi connectivity index (χ1n) is 7.49. The molecule has 6 nitrogen and oxygen atoms in total. The van der Waals surface area contributed by atoms with Crippen LogP contribution in [0.5, 0.6) is 0 Å². The van der Waals surface area contributed by atoms with Crippen LogP contribution in [0.3, 0.4) is 0 Å². The number of nitrogens with zero attached hydrogens (tertiary/aromatic N) is 4. The highest BCUT2D eigenvalue weighted by Crippen LogP contribution is 2.29. The molecular formula is C17H10Cl2N4O2S. The molecule has 0 N–H and O–H groups in total. The van der Waals surface area contributed by atoms with Gasteiger partial charge >= 0.3 is 0 Å². The second kappa shape index (κ2) is 7.49. The molecule has 0 aliphatic rings. The molecular weight excluding hydrogens is 395 g/mol. The van der Waals surface area contributed by atoms with Crippen LogP contribution in [0.4, 0.5) is 0 Å². The van der Waals surface area contributed by atoms with Crippen LogP contribution in [0.25, 0.3) is 22.9 Å². The Bertz CT molecular complexity index is 1050. The molecule has 2 aromatic carbocycles. The molecule has 130 valence electrons. The van der Waals surface area contributed by atoms with Crippen molar-refractivity contribution < 1.29 is 8.94 Å². The van der Waals surface area contributed by atoms with Crippen molar-refractivity contribution in [3.05, 3.63) is 64.4 Å². The lowest BCUT2D eigenvalue weighted by molar-refractivity contribution is 0.425. The van der Waals surface area contributed by atoms with Gasteiger partial charge in [-0.15, -0.1) is 10.2 Å². The van der Waals surface area contributed by atoms with Crippen molar-refractivity contribution >= 4 is 35.0 Å². The van der Waals surface area contributed by atoms with Gasteiger partial charge in [0.2, 0.25) is 5.89 Å². The molecule has 0 saturated carbocycles. The van der Waals surface area contributed by atoms with Crippen LogP contribution in [0.1, 0.15) is 5.82 Å². The summed E-state index contributed by atoms with van der Waals surface area (Å²) in [6, 6.07) is 14.5. The summed E-state index contributed by atoms with van der Waals surface area (Å²) >= 11 is 13.4. The third-order valence-corrected chi connectivity index (χ3v) is 4.75. The van der Waals surface area contributed by atoms with E-state index in [1.54, 1.807) is 18.2 Å². The van der Waals surface area contributed by atoms with Crippen LogP contribution in [0, 0.1) is 0 Å². The number of hydrogen-bond acceptors (Lipinski definition) is 7. The summed E-state index contributed by atoms with van der Waals surface area (Å²) in [5.74, 6) is 1.70. The van der Waals surface area contributed by atoms with E-state index in [1.165, 1.54) is 11.8 Å². The molecule has 0 atom stereocenters. The van der Waals surface area contributed by atoms with Gasteiger partial charge in [0, 0.05) is 10.6 Å². The van der Waals surface area contributed by atoms with Gasteiger partial charge in [-0.25, -0.2) is 0 Å². The maximum Gasteiger partial charge on any atom is 0.277 e. The van der Waals surface area contributed by atoms with E-state index in [4.69, 9.17) is 32.1 Å². The summed E-state index contributed by atoms with van der Waals surface area (Å²) in [7, 11) is 0. The third kappa shape index (κ3) is 3.75. The number of thioether (sulfide) groups is 1. The van der Waals surface area contributed by atoms with Gasteiger partial charge in [-0.1, -0.05) is 58.3 Å². The molecule has 2 heterocycles. The second-order valence-corrected chi connectivity index (χ2v) is 6.94. The van der Waals surface area contributed by atoms with Gasteiger partial charge in [0.1, 0.15) is 0 Å². The zero-order chi connectivity index (χ0) is 17.9. The number of benzene rings is 2. The SMILES string of the molecule is Clc1cccc(-c2nnc(SCc3noc(-c4ccccc4Cl)n3)o2)c1. The van der Waals surface area contributed by atoms with Crippen LogP contribution in [-0.2, 0) is 5.75 Å². The lowest BCUT2D eigenvalue weighted by Gasteiger charge is -1.95. The van der Waals surface area contributed by atoms with Crippen molar-refractivity contribution in [3.8, 4) is 22.9 Å². The van der Waals surface area contributed by atoms with Crippen molar-refractivity contribution in [3.63, 3.8) is 0 Å². The molecule has 0 bridgehead atoms. The lowest BCUT2D eigenvalue weighted by atomic mass is 10.2. The average Bonchev–Trinajstić information content (AvgIpc) is 3.30. The topological polar surface area (TPSA) is 77.8 Å². The minimum absolute atomic E-state index is 0.372. The van der Waals surface area contributed by atoms with E-state index in [0.717, 1.165) is 5.56 Å². The highest BCUT2D eigenvalue weighted by atomic mass is 35.5. The first-order chi connectivity index (χ1) is 12.7. The van der Waals surface area contributed by atoms with Gasteiger partial charge in [-0.05, 0) is 30.3 Å². The Morgan fingerprint density at radius 3 is 2.69 bits per heavy atom. The minimum Gasteiger partial charge on any atom is -0.411 e. The summed E-state index contributed by atoms with van der Waals surface area (Å²) in [4.78, 5) is 4.34. The van der Waals surface area contributed by atoms with Gasteiger partial charge < -0.3 is 8.94 Å². The molecule has 0 saturated heterocycles. The van der Waals surface area contributed by atoms with Gasteiger partial charge in [-0.2, -0.15) is 4.98 Å². The Kier molecular flexibility index (Phi) is 4.92. The van der Waals surface area contributed by atoms with Crippen LogP contribution in [0.15, 0.2) is 62.7 Å². The largest absolute Gasteiger partial charge is 0.411 e. The van der Waals surface area contributed by atoms with E-state index in [-0.39, 0.29) is 0 Å². The van der Waals surface area contributed by atoms with Crippen molar-refractivity contribution in [2.24, 2.45) is 0 Å². The quantitative estimate of drug-likeness (QED) is 0.412. The Morgan fingerprint density at radius 1 is 0.962 bits per heavy atom. The zero-order valence-electron chi connectivity index (χ0n) is 13.1. The van der Waals surface area contributed by atoms with Crippen molar-refractivity contribution in [1.82, 2.24) is 20.3 Å². The fourth-order valence-electron chi connectivity index (χ4n) is 2.19. The summed E-state index contributed by atoms with van der Waals surface area (Å²) in [5, 5.41) is 13.6. The molecule has 4 aromatic rings. The molecule has 0 amide bonds. The normalized spacial score (nSPS) is 11.0. The van der Waals surface area contributed by atoms with Crippen LogP contribution in [-0.4, -0.2) is 20.3 Å². The molecule has 0 unspecified atom stereocenters. The maximum absolute atomic E-state index is 6.14. The van der Waals surface area contributed by atoms with Gasteiger partial charge in [0.05, 0.1) is 16.3 Å². The predicted octanol–water partition coefficient (Wildman–Crippen LogP) is 5.39. The van der Waals surface area contributed by atoms with Crippen molar-refractivity contribution in [1.29, 1.82) is 0 Å². The van der Waals surface area contributed by atoms with E-state index in [1.807, 2.05) is 30.3 Å². The fourth-order valence-corrected chi connectivity index (χ4v) is 3.20. The maximum atomic E-state index is 6.14. The predicted molar refractivity (Wildman–Crippen MR) is 99.0 cm³/mol. The summed E-state index contributed by atoms with van der Waals surface area (Å²) < 4.78 is 10.9. The molecule has 0 radical (unpaired) electrons. The standard InChI is InChI=1S/C17H10Cl2N4O2S/c18-11-5-3-4-10(8-11)15-21-22-17(24-15)26-9-14-20-16(25-23-14)12-6-1-2-7-13(12)19/h1-8H,9H2. The van der Waals surface area contributed by atoms with Crippen LogP contribution in [0.2, 0.25) is 10.0 Å². The summed E-state index contributed by atoms with van der Waals surface area (Å²) in [5.41, 5.74) is 1.45. The smallest absolute Gasteiger partial charge is 0.277 e. The van der Waals surface area contributed by atoms with Gasteiger partial charge in [0.15, 0.2) is 5.82 Å². The first-order valence-corrected chi connectivity index (χ1v) is 9.23. The highest BCUT2D eigenvalue weighted by molar-refractivity contribution is 7.98. The van der Waals surface area contributed by atoms with E-state index < -0.39 is 0 Å². The van der Waals surface area contributed by atoms with E-state index in [2.05, 4.69) is 20.3 Å². The van der Waals surface area contributed by atoms with Crippen molar-refractivity contribution in [2.45, 2.75) is 11.0 Å². The number of hydrogen-bond donors (Lipinski definition) is 0. The molecule has 0 fully saturated rings.